The highest BCUT2D eigenvalue weighted by Gasteiger charge is 2.35. The fourth-order valence-corrected chi connectivity index (χ4v) is 9.17. The number of benzene rings is 8. The average molecular weight is 643 g/mol. The predicted octanol–water partition coefficient (Wildman–Crippen LogP) is 14.0. The van der Waals surface area contributed by atoms with Crippen molar-refractivity contribution in [1.82, 2.24) is 0 Å². The van der Waals surface area contributed by atoms with Gasteiger partial charge in [0.1, 0.15) is 0 Å². The van der Waals surface area contributed by atoms with Crippen LogP contribution >= 0.6 is 0 Å². The summed E-state index contributed by atoms with van der Waals surface area (Å²) in [6.45, 7) is 16.2. The molecule has 1 aliphatic carbocycles. The molecule has 0 saturated carbocycles. The third-order valence-electron chi connectivity index (χ3n) is 12.2. The molecule has 0 nitrogen and oxygen atoms in total. The Morgan fingerprint density at radius 3 is 1.62 bits per heavy atom. The molecule has 8 aromatic rings. The van der Waals surface area contributed by atoms with Crippen molar-refractivity contribution in [2.75, 3.05) is 0 Å². The molecule has 0 atom stereocenters. The second-order valence-corrected chi connectivity index (χ2v) is 15.0. The summed E-state index contributed by atoms with van der Waals surface area (Å²) in [6, 6.07) is 48.1. The summed E-state index contributed by atoms with van der Waals surface area (Å²) in [6.07, 6.45) is 0. The first kappa shape index (κ1) is 30.6. The van der Waals surface area contributed by atoms with Crippen molar-refractivity contribution in [3.63, 3.8) is 0 Å². The maximum absolute atomic E-state index is 2.50. The van der Waals surface area contributed by atoms with Crippen LogP contribution in [0.2, 0.25) is 0 Å². The summed E-state index contributed by atoms with van der Waals surface area (Å²) < 4.78 is 0. The highest BCUT2D eigenvalue weighted by Crippen LogP contribution is 2.52. The lowest BCUT2D eigenvalue weighted by molar-refractivity contribution is 0.660. The molecule has 0 heterocycles. The van der Waals surface area contributed by atoms with Crippen LogP contribution in [0.4, 0.5) is 0 Å². The van der Waals surface area contributed by atoms with Crippen LogP contribution in [-0.2, 0) is 5.41 Å². The zero-order chi connectivity index (χ0) is 34.5. The molecule has 0 heteroatoms. The Hall–Kier alpha value is -5.46. The molecule has 0 saturated heterocycles. The zero-order valence-electron chi connectivity index (χ0n) is 30.1. The van der Waals surface area contributed by atoms with Gasteiger partial charge in [0.2, 0.25) is 0 Å². The van der Waals surface area contributed by atoms with Crippen molar-refractivity contribution in [3.05, 3.63) is 166 Å². The van der Waals surface area contributed by atoms with Gasteiger partial charge in [-0.1, -0.05) is 129 Å². The highest BCUT2D eigenvalue weighted by molar-refractivity contribution is 6.24. The van der Waals surface area contributed by atoms with E-state index in [4.69, 9.17) is 0 Å². The molecule has 0 amide bonds. The first-order chi connectivity index (χ1) is 24.2. The maximum Gasteiger partial charge on any atom is 0.0159 e. The third-order valence-corrected chi connectivity index (χ3v) is 12.2. The Kier molecular flexibility index (Phi) is 6.74. The van der Waals surface area contributed by atoms with Crippen molar-refractivity contribution >= 4 is 32.3 Å². The van der Waals surface area contributed by atoms with Crippen LogP contribution in [0, 0.1) is 34.6 Å². The highest BCUT2D eigenvalue weighted by atomic mass is 14.4. The number of hydrogen-bond donors (Lipinski definition) is 0. The summed E-state index contributed by atoms with van der Waals surface area (Å²) in [5, 5.41) is 7.71. The number of hydrogen-bond acceptors (Lipinski definition) is 0. The molecule has 0 spiro atoms. The van der Waals surface area contributed by atoms with E-state index in [1.165, 1.54) is 116 Å². The SMILES string of the molecule is Cc1c(C)c(C)c(-c2ccc3c(-c4ccc5c(c4)C(C)(C)c4ccccc4-5)c4ccccc4c(-c4cccc5ccccc45)c3c2)c(C)c1C. The van der Waals surface area contributed by atoms with Gasteiger partial charge in [-0.05, 0) is 163 Å². The largest absolute Gasteiger partial charge is 0.0619 e. The molecule has 242 valence electrons. The summed E-state index contributed by atoms with van der Waals surface area (Å²) in [5.74, 6) is 0. The molecule has 9 rings (SSSR count). The van der Waals surface area contributed by atoms with Crippen molar-refractivity contribution < 1.29 is 0 Å². The smallest absolute Gasteiger partial charge is 0.0159 e. The second-order valence-electron chi connectivity index (χ2n) is 15.0. The lowest BCUT2D eigenvalue weighted by atomic mass is 9.79. The molecule has 50 heavy (non-hydrogen) atoms. The van der Waals surface area contributed by atoms with Crippen molar-refractivity contribution in [2.24, 2.45) is 0 Å². The molecular weight excluding hydrogens is 601 g/mol. The average Bonchev–Trinajstić information content (AvgIpc) is 3.37. The molecule has 0 aliphatic heterocycles. The van der Waals surface area contributed by atoms with E-state index < -0.39 is 0 Å². The van der Waals surface area contributed by atoms with Crippen molar-refractivity contribution in [3.8, 4) is 44.5 Å². The van der Waals surface area contributed by atoms with Gasteiger partial charge in [0.25, 0.3) is 0 Å². The van der Waals surface area contributed by atoms with Crippen LogP contribution in [0.5, 0.6) is 0 Å². The maximum atomic E-state index is 2.50. The van der Waals surface area contributed by atoms with Crippen LogP contribution in [0.1, 0.15) is 52.8 Å². The Morgan fingerprint density at radius 2 is 0.860 bits per heavy atom. The van der Waals surface area contributed by atoms with Crippen LogP contribution in [-0.4, -0.2) is 0 Å². The molecule has 0 radical (unpaired) electrons. The minimum atomic E-state index is -0.0696. The van der Waals surface area contributed by atoms with E-state index in [0.29, 0.717) is 0 Å². The lowest BCUT2D eigenvalue weighted by Crippen LogP contribution is -2.14. The van der Waals surface area contributed by atoms with Gasteiger partial charge in [0.05, 0.1) is 0 Å². The Balaban J connectivity index is 1.42. The van der Waals surface area contributed by atoms with Crippen LogP contribution in [0.15, 0.2) is 127 Å². The fraction of sp³-hybridized carbons (Fsp3) is 0.160. The first-order valence-electron chi connectivity index (χ1n) is 18.0. The monoisotopic (exact) mass is 642 g/mol. The number of rotatable bonds is 3. The van der Waals surface area contributed by atoms with E-state index in [-0.39, 0.29) is 5.41 Å². The topological polar surface area (TPSA) is 0 Å². The molecule has 1 aliphatic rings. The van der Waals surface area contributed by atoms with E-state index in [1.54, 1.807) is 0 Å². The molecule has 8 aromatic carbocycles. The summed E-state index contributed by atoms with van der Waals surface area (Å²) in [4.78, 5) is 0. The van der Waals surface area contributed by atoms with Gasteiger partial charge < -0.3 is 0 Å². The van der Waals surface area contributed by atoms with E-state index >= 15 is 0 Å². The minimum Gasteiger partial charge on any atom is -0.0619 e. The molecule has 0 N–H and O–H groups in total. The van der Waals surface area contributed by atoms with Crippen LogP contribution < -0.4 is 0 Å². The van der Waals surface area contributed by atoms with E-state index in [0.717, 1.165) is 0 Å². The number of fused-ring (bicyclic) bond motifs is 6. The standard InChI is InChI=1S/C50H42/c1-29-30(2)32(4)47(33(5)31(29)3)35-24-26-43-44(27-35)49(40-21-14-16-34-15-8-9-17-37(34)40)42-20-11-10-19-41(42)48(43)36-23-25-39-38-18-12-13-22-45(38)50(6,7)46(39)28-36/h8-28H,1-7H3. The predicted molar refractivity (Wildman–Crippen MR) is 217 cm³/mol. The second kappa shape index (κ2) is 11.0. The molecule has 0 fully saturated rings. The van der Waals surface area contributed by atoms with E-state index in [1.807, 2.05) is 0 Å². The molecular formula is C50H42. The Morgan fingerprint density at radius 1 is 0.340 bits per heavy atom. The molecule has 0 aromatic heterocycles. The van der Waals surface area contributed by atoms with Gasteiger partial charge in [-0.3, -0.25) is 0 Å². The normalized spacial score (nSPS) is 13.3. The quantitative estimate of drug-likeness (QED) is 0.168. The van der Waals surface area contributed by atoms with Crippen LogP contribution in [0.3, 0.4) is 0 Å². The fourth-order valence-electron chi connectivity index (χ4n) is 9.17. The van der Waals surface area contributed by atoms with Crippen molar-refractivity contribution in [1.29, 1.82) is 0 Å². The van der Waals surface area contributed by atoms with Crippen LogP contribution in [0.25, 0.3) is 76.8 Å². The summed E-state index contributed by atoms with van der Waals surface area (Å²) >= 11 is 0. The lowest BCUT2D eigenvalue weighted by Gasteiger charge is -2.24. The Labute approximate surface area is 296 Å². The van der Waals surface area contributed by atoms with Gasteiger partial charge in [-0.15, -0.1) is 0 Å². The van der Waals surface area contributed by atoms with Gasteiger partial charge in [0.15, 0.2) is 0 Å². The Bertz CT molecular complexity index is 2680. The molecule has 0 bridgehead atoms. The molecule has 0 unspecified atom stereocenters. The van der Waals surface area contributed by atoms with Gasteiger partial charge >= 0.3 is 0 Å². The van der Waals surface area contributed by atoms with Gasteiger partial charge in [-0.2, -0.15) is 0 Å². The third kappa shape index (κ3) is 4.24. The van der Waals surface area contributed by atoms with E-state index in [9.17, 15) is 0 Å². The van der Waals surface area contributed by atoms with Gasteiger partial charge in [0, 0.05) is 5.41 Å². The minimum absolute atomic E-state index is 0.0696. The van der Waals surface area contributed by atoms with Gasteiger partial charge in [-0.25, -0.2) is 0 Å². The zero-order valence-corrected chi connectivity index (χ0v) is 30.1. The summed E-state index contributed by atoms with van der Waals surface area (Å²) in [7, 11) is 0. The summed E-state index contributed by atoms with van der Waals surface area (Å²) in [5.41, 5.74) is 20.2. The van der Waals surface area contributed by atoms with Crippen molar-refractivity contribution in [2.45, 2.75) is 53.9 Å². The van der Waals surface area contributed by atoms with E-state index in [2.05, 4.69) is 176 Å². The first-order valence-corrected chi connectivity index (χ1v) is 18.0.